The van der Waals surface area contributed by atoms with Crippen molar-refractivity contribution in [2.45, 2.75) is 25.4 Å². The molecule has 2 heterocycles. The smallest absolute Gasteiger partial charge is 0.120 e. The van der Waals surface area contributed by atoms with Crippen LogP contribution in [0.2, 0.25) is 0 Å². The second-order valence-electron chi connectivity index (χ2n) is 5.03. The van der Waals surface area contributed by atoms with Crippen molar-refractivity contribution in [1.29, 1.82) is 5.26 Å². The van der Waals surface area contributed by atoms with E-state index in [1.807, 2.05) is 29.5 Å². The molecule has 102 valence electrons. The molecule has 20 heavy (non-hydrogen) atoms. The van der Waals surface area contributed by atoms with Crippen LogP contribution >= 0.6 is 11.3 Å². The van der Waals surface area contributed by atoms with Gasteiger partial charge in [-0.2, -0.15) is 5.26 Å². The van der Waals surface area contributed by atoms with Crippen LogP contribution < -0.4 is 0 Å². The predicted molar refractivity (Wildman–Crippen MR) is 79.5 cm³/mol. The maximum absolute atomic E-state index is 10.1. The molecule has 0 saturated heterocycles. The van der Waals surface area contributed by atoms with Gasteiger partial charge >= 0.3 is 0 Å². The molecular weight excluding hydrogens is 268 g/mol. The Balaban J connectivity index is 1.89. The molecule has 0 bridgehead atoms. The van der Waals surface area contributed by atoms with Gasteiger partial charge in [-0.05, 0) is 29.5 Å². The van der Waals surface area contributed by atoms with Crippen molar-refractivity contribution >= 4 is 11.3 Å². The van der Waals surface area contributed by atoms with E-state index in [4.69, 9.17) is 5.26 Å². The van der Waals surface area contributed by atoms with Crippen LogP contribution in [0, 0.1) is 11.3 Å². The number of hydrogen-bond acceptors (Lipinski definition) is 4. The second kappa shape index (κ2) is 5.66. The predicted octanol–water partition coefficient (Wildman–Crippen LogP) is 3.47. The summed E-state index contributed by atoms with van der Waals surface area (Å²) >= 11 is 1.81. The molecule has 3 nitrogen and oxygen atoms in total. The van der Waals surface area contributed by atoms with Gasteiger partial charge in [0, 0.05) is 23.5 Å². The van der Waals surface area contributed by atoms with Crippen molar-refractivity contribution < 1.29 is 5.11 Å². The maximum Gasteiger partial charge on any atom is 0.120 e. The maximum atomic E-state index is 10.1. The second-order valence-corrected chi connectivity index (χ2v) is 6.03. The average Bonchev–Trinajstić information content (AvgIpc) is 2.93. The van der Waals surface area contributed by atoms with E-state index in [0.29, 0.717) is 6.42 Å². The number of phenolic OH excluding ortho intramolecular Hbond substituents is 1. The number of para-hydroxylation sites is 1. The van der Waals surface area contributed by atoms with Gasteiger partial charge in [0.25, 0.3) is 0 Å². The molecule has 1 aromatic heterocycles. The van der Waals surface area contributed by atoms with E-state index in [1.54, 1.807) is 6.07 Å². The zero-order valence-electron chi connectivity index (χ0n) is 11.1. The summed E-state index contributed by atoms with van der Waals surface area (Å²) in [6.45, 7) is 1.80. The first-order chi connectivity index (χ1) is 9.79. The summed E-state index contributed by atoms with van der Waals surface area (Å²) in [6.07, 6.45) is 1.43. The number of aromatic hydroxyl groups is 1. The first kappa shape index (κ1) is 13.2. The number of benzene rings is 1. The van der Waals surface area contributed by atoms with E-state index >= 15 is 0 Å². The number of phenols is 1. The third kappa shape index (κ3) is 2.43. The molecule has 1 unspecified atom stereocenters. The van der Waals surface area contributed by atoms with Gasteiger partial charge in [0.15, 0.2) is 0 Å². The van der Waals surface area contributed by atoms with Crippen LogP contribution in [0.4, 0.5) is 0 Å². The number of fused-ring (bicyclic) bond motifs is 1. The van der Waals surface area contributed by atoms with Crippen molar-refractivity contribution in [3.05, 3.63) is 51.7 Å². The molecule has 2 aromatic rings. The van der Waals surface area contributed by atoms with Gasteiger partial charge < -0.3 is 5.11 Å². The summed E-state index contributed by atoms with van der Waals surface area (Å²) in [4.78, 5) is 3.75. The quantitative estimate of drug-likeness (QED) is 0.939. The molecule has 0 amide bonds. The third-order valence-electron chi connectivity index (χ3n) is 3.86. The summed E-state index contributed by atoms with van der Waals surface area (Å²) in [5.74, 6) is 0.281. The summed E-state index contributed by atoms with van der Waals surface area (Å²) in [6, 6.07) is 11.7. The third-order valence-corrected chi connectivity index (χ3v) is 4.88. The molecule has 0 aliphatic carbocycles. The molecule has 0 fully saturated rings. The molecule has 1 aliphatic rings. The van der Waals surface area contributed by atoms with E-state index in [9.17, 15) is 5.11 Å². The highest BCUT2D eigenvalue weighted by atomic mass is 32.1. The minimum absolute atomic E-state index is 0.0331. The number of rotatable bonds is 3. The zero-order chi connectivity index (χ0) is 13.9. The summed E-state index contributed by atoms with van der Waals surface area (Å²) in [5, 5.41) is 21.3. The molecule has 3 rings (SSSR count). The van der Waals surface area contributed by atoms with Crippen LogP contribution in [-0.4, -0.2) is 16.6 Å². The molecule has 1 aromatic carbocycles. The van der Waals surface area contributed by atoms with E-state index in [0.717, 1.165) is 25.1 Å². The Morgan fingerprint density at radius 2 is 2.20 bits per heavy atom. The lowest BCUT2D eigenvalue weighted by atomic mass is 9.98. The Hall–Kier alpha value is -1.83. The van der Waals surface area contributed by atoms with Crippen LogP contribution in [0.15, 0.2) is 35.7 Å². The molecule has 0 radical (unpaired) electrons. The van der Waals surface area contributed by atoms with Gasteiger partial charge in [0.05, 0.1) is 18.5 Å². The van der Waals surface area contributed by atoms with E-state index in [-0.39, 0.29) is 11.8 Å². The Kier molecular flexibility index (Phi) is 3.72. The van der Waals surface area contributed by atoms with E-state index in [1.165, 1.54) is 10.4 Å². The lowest BCUT2D eigenvalue weighted by Gasteiger charge is -2.34. The van der Waals surface area contributed by atoms with Crippen LogP contribution in [0.1, 0.15) is 28.5 Å². The Morgan fingerprint density at radius 3 is 3.00 bits per heavy atom. The lowest BCUT2D eigenvalue weighted by Crippen LogP contribution is -2.33. The van der Waals surface area contributed by atoms with E-state index < -0.39 is 0 Å². The highest BCUT2D eigenvalue weighted by Crippen LogP contribution is 2.35. The minimum Gasteiger partial charge on any atom is -0.508 e. The molecule has 1 N–H and O–H groups in total. The molecule has 0 saturated carbocycles. The topological polar surface area (TPSA) is 47.3 Å². The summed E-state index contributed by atoms with van der Waals surface area (Å²) < 4.78 is 0. The van der Waals surface area contributed by atoms with Gasteiger partial charge in [-0.3, -0.25) is 4.90 Å². The molecule has 1 aliphatic heterocycles. The number of hydrogen-bond donors (Lipinski definition) is 1. The average molecular weight is 284 g/mol. The number of nitriles is 1. The summed E-state index contributed by atoms with van der Waals surface area (Å²) in [5.41, 5.74) is 2.22. The van der Waals surface area contributed by atoms with Crippen molar-refractivity contribution in [2.75, 3.05) is 6.54 Å². The Bertz CT molecular complexity index is 644. The normalized spacial score (nSPS) is 16.4. The van der Waals surface area contributed by atoms with E-state index in [2.05, 4.69) is 22.4 Å². The summed E-state index contributed by atoms with van der Waals surface area (Å²) in [7, 11) is 0. The Morgan fingerprint density at radius 1 is 1.35 bits per heavy atom. The van der Waals surface area contributed by atoms with Crippen molar-refractivity contribution in [1.82, 2.24) is 4.90 Å². The Labute approximate surface area is 122 Å². The van der Waals surface area contributed by atoms with Crippen LogP contribution in [0.5, 0.6) is 5.75 Å². The van der Waals surface area contributed by atoms with Crippen LogP contribution in [0.3, 0.4) is 0 Å². The number of thiophene rings is 1. The van der Waals surface area contributed by atoms with Crippen LogP contribution in [-0.2, 0) is 13.0 Å². The van der Waals surface area contributed by atoms with Crippen molar-refractivity contribution in [2.24, 2.45) is 0 Å². The zero-order valence-corrected chi connectivity index (χ0v) is 11.9. The SMILES string of the molecule is N#CCC(c1ccccc1O)N1CCc2sccc2C1. The highest BCUT2D eigenvalue weighted by Gasteiger charge is 2.26. The van der Waals surface area contributed by atoms with Crippen molar-refractivity contribution in [3.8, 4) is 11.8 Å². The molecule has 1 atom stereocenters. The fourth-order valence-corrected chi connectivity index (χ4v) is 3.72. The minimum atomic E-state index is -0.0331. The van der Waals surface area contributed by atoms with Crippen molar-refractivity contribution in [3.63, 3.8) is 0 Å². The lowest BCUT2D eigenvalue weighted by molar-refractivity contribution is 0.180. The first-order valence-electron chi connectivity index (χ1n) is 6.73. The number of nitrogens with zero attached hydrogens (tertiary/aromatic N) is 2. The first-order valence-corrected chi connectivity index (χ1v) is 7.61. The fourth-order valence-electron chi connectivity index (χ4n) is 2.83. The van der Waals surface area contributed by atoms with Gasteiger partial charge in [-0.25, -0.2) is 0 Å². The highest BCUT2D eigenvalue weighted by molar-refractivity contribution is 7.10. The van der Waals surface area contributed by atoms with Gasteiger partial charge in [0.1, 0.15) is 5.75 Å². The fraction of sp³-hybridized carbons (Fsp3) is 0.312. The van der Waals surface area contributed by atoms with Gasteiger partial charge in [-0.15, -0.1) is 11.3 Å². The monoisotopic (exact) mass is 284 g/mol. The molecular formula is C16H16N2OS. The van der Waals surface area contributed by atoms with Gasteiger partial charge in [0.2, 0.25) is 0 Å². The molecule has 0 spiro atoms. The standard InChI is InChI=1S/C16H16N2OS/c17-8-5-14(13-3-1-2-4-15(13)19)18-9-6-16-12(11-18)7-10-20-16/h1-4,7,10,14,19H,5-6,9,11H2. The largest absolute Gasteiger partial charge is 0.508 e. The van der Waals surface area contributed by atoms with Gasteiger partial charge in [-0.1, -0.05) is 18.2 Å². The molecule has 4 heteroatoms. The van der Waals surface area contributed by atoms with Crippen LogP contribution in [0.25, 0.3) is 0 Å².